The third-order valence-corrected chi connectivity index (χ3v) is 2.02. The summed E-state index contributed by atoms with van der Waals surface area (Å²) in [5, 5.41) is 0. The highest BCUT2D eigenvalue weighted by Gasteiger charge is 1.98. The maximum Gasteiger partial charge on any atom is 0.141 e. The molecule has 0 fully saturated rings. The second kappa shape index (κ2) is 5.85. The van der Waals surface area contributed by atoms with Crippen molar-refractivity contribution in [1.82, 2.24) is 9.97 Å². The molecule has 2 aromatic rings. The van der Waals surface area contributed by atoms with Crippen molar-refractivity contribution in [2.75, 3.05) is 5.73 Å². The van der Waals surface area contributed by atoms with Crippen LogP contribution >= 0.6 is 0 Å². The van der Waals surface area contributed by atoms with Gasteiger partial charge >= 0.3 is 0 Å². The number of hydrogen-bond donors (Lipinski definition) is 1. The van der Waals surface area contributed by atoms with Gasteiger partial charge in [-0.3, -0.25) is 4.98 Å². The molecular formula is C13H17N3. The zero-order valence-electron chi connectivity index (χ0n) is 9.94. The SMILES string of the molecule is CC.Cc1ccc(-c2cnc(N)cn2)cc1. The average Bonchev–Trinajstić information content (AvgIpc) is 2.34. The molecule has 0 amide bonds. The molecule has 84 valence electrons. The Kier molecular flexibility index (Phi) is 4.45. The van der Waals surface area contributed by atoms with Gasteiger partial charge in [-0.05, 0) is 6.92 Å². The topological polar surface area (TPSA) is 51.8 Å². The summed E-state index contributed by atoms with van der Waals surface area (Å²) >= 11 is 0. The van der Waals surface area contributed by atoms with Crippen LogP contribution in [0.15, 0.2) is 36.7 Å². The first kappa shape index (κ1) is 12.2. The lowest BCUT2D eigenvalue weighted by atomic mass is 10.1. The Balaban J connectivity index is 0.000000606. The lowest BCUT2D eigenvalue weighted by molar-refractivity contribution is 1.21. The number of rotatable bonds is 1. The first-order valence-electron chi connectivity index (χ1n) is 5.40. The number of benzene rings is 1. The number of aromatic nitrogens is 2. The minimum atomic E-state index is 0.445. The van der Waals surface area contributed by atoms with Crippen molar-refractivity contribution in [3.05, 3.63) is 42.2 Å². The van der Waals surface area contributed by atoms with Crippen molar-refractivity contribution >= 4 is 5.82 Å². The van der Waals surface area contributed by atoms with E-state index in [2.05, 4.69) is 16.9 Å². The van der Waals surface area contributed by atoms with E-state index in [1.807, 2.05) is 38.1 Å². The molecule has 1 aromatic carbocycles. The van der Waals surface area contributed by atoms with E-state index in [0.29, 0.717) is 5.82 Å². The fourth-order valence-electron chi connectivity index (χ4n) is 1.21. The quantitative estimate of drug-likeness (QED) is 0.795. The zero-order chi connectivity index (χ0) is 12.0. The van der Waals surface area contributed by atoms with Crippen LogP contribution in [0.5, 0.6) is 0 Å². The molecule has 2 N–H and O–H groups in total. The molecule has 1 heterocycles. The summed E-state index contributed by atoms with van der Waals surface area (Å²) < 4.78 is 0. The lowest BCUT2D eigenvalue weighted by Gasteiger charge is -2.00. The van der Waals surface area contributed by atoms with Gasteiger partial charge in [-0.1, -0.05) is 43.7 Å². The first-order chi connectivity index (χ1) is 7.75. The van der Waals surface area contributed by atoms with Crippen LogP contribution in [0.1, 0.15) is 19.4 Å². The van der Waals surface area contributed by atoms with Gasteiger partial charge in [0.1, 0.15) is 5.82 Å². The van der Waals surface area contributed by atoms with Crippen molar-refractivity contribution in [2.24, 2.45) is 0 Å². The van der Waals surface area contributed by atoms with Crippen molar-refractivity contribution in [3.63, 3.8) is 0 Å². The molecule has 3 nitrogen and oxygen atoms in total. The molecule has 0 unspecified atom stereocenters. The van der Waals surface area contributed by atoms with E-state index in [9.17, 15) is 0 Å². The lowest BCUT2D eigenvalue weighted by Crippen LogP contribution is -1.92. The van der Waals surface area contributed by atoms with Crippen molar-refractivity contribution in [3.8, 4) is 11.3 Å². The van der Waals surface area contributed by atoms with E-state index in [1.165, 1.54) is 5.56 Å². The molecular weight excluding hydrogens is 198 g/mol. The van der Waals surface area contributed by atoms with Crippen LogP contribution in [0.3, 0.4) is 0 Å². The molecule has 0 saturated heterocycles. The molecule has 0 bridgehead atoms. The number of nitrogens with two attached hydrogens (primary N) is 1. The number of nitrogens with zero attached hydrogens (tertiary/aromatic N) is 2. The van der Waals surface area contributed by atoms with Gasteiger partial charge in [-0.2, -0.15) is 0 Å². The van der Waals surface area contributed by atoms with E-state index in [-0.39, 0.29) is 0 Å². The Morgan fingerprint density at radius 2 is 1.56 bits per heavy atom. The fourth-order valence-corrected chi connectivity index (χ4v) is 1.21. The summed E-state index contributed by atoms with van der Waals surface area (Å²) in [7, 11) is 0. The smallest absolute Gasteiger partial charge is 0.141 e. The highest BCUT2D eigenvalue weighted by molar-refractivity contribution is 5.58. The molecule has 16 heavy (non-hydrogen) atoms. The van der Waals surface area contributed by atoms with Crippen molar-refractivity contribution in [2.45, 2.75) is 20.8 Å². The van der Waals surface area contributed by atoms with Crippen LogP contribution in [-0.2, 0) is 0 Å². The molecule has 3 heteroatoms. The van der Waals surface area contributed by atoms with E-state index < -0.39 is 0 Å². The van der Waals surface area contributed by atoms with Gasteiger partial charge in [-0.25, -0.2) is 4.98 Å². The first-order valence-corrected chi connectivity index (χ1v) is 5.40. The largest absolute Gasteiger partial charge is 0.382 e. The Morgan fingerprint density at radius 1 is 0.938 bits per heavy atom. The second-order valence-electron chi connectivity index (χ2n) is 3.19. The summed E-state index contributed by atoms with van der Waals surface area (Å²) in [6.07, 6.45) is 3.25. The Labute approximate surface area is 96.4 Å². The van der Waals surface area contributed by atoms with Crippen LogP contribution in [0.25, 0.3) is 11.3 Å². The van der Waals surface area contributed by atoms with Crippen LogP contribution in [0, 0.1) is 6.92 Å². The molecule has 0 aliphatic carbocycles. The van der Waals surface area contributed by atoms with Gasteiger partial charge in [-0.15, -0.1) is 0 Å². The highest BCUT2D eigenvalue weighted by Crippen LogP contribution is 2.16. The summed E-state index contributed by atoms with van der Waals surface area (Å²) in [5.74, 6) is 0.445. The van der Waals surface area contributed by atoms with Crippen LogP contribution in [-0.4, -0.2) is 9.97 Å². The fraction of sp³-hybridized carbons (Fsp3) is 0.231. The van der Waals surface area contributed by atoms with Gasteiger partial charge < -0.3 is 5.73 Å². The predicted octanol–water partition coefficient (Wildman–Crippen LogP) is 3.06. The van der Waals surface area contributed by atoms with Crippen molar-refractivity contribution in [1.29, 1.82) is 0 Å². The number of hydrogen-bond acceptors (Lipinski definition) is 3. The van der Waals surface area contributed by atoms with Gasteiger partial charge in [0.05, 0.1) is 18.1 Å². The van der Waals surface area contributed by atoms with Crippen LogP contribution < -0.4 is 5.73 Å². The standard InChI is InChI=1S/C11H11N3.C2H6/c1-8-2-4-9(5-3-8)10-6-14-11(12)7-13-10;1-2/h2-7H,1H3,(H2,12,14);1-2H3. The van der Waals surface area contributed by atoms with E-state index in [4.69, 9.17) is 5.73 Å². The number of aryl methyl sites for hydroxylation is 1. The van der Waals surface area contributed by atoms with Gasteiger partial charge in [0.25, 0.3) is 0 Å². The van der Waals surface area contributed by atoms with E-state index in [0.717, 1.165) is 11.3 Å². The highest BCUT2D eigenvalue weighted by atomic mass is 14.9. The number of anilines is 1. The third kappa shape index (κ3) is 3.05. The molecule has 0 radical (unpaired) electrons. The third-order valence-electron chi connectivity index (χ3n) is 2.02. The summed E-state index contributed by atoms with van der Waals surface area (Å²) in [6.45, 7) is 6.05. The van der Waals surface area contributed by atoms with E-state index in [1.54, 1.807) is 12.4 Å². The normalized spacial score (nSPS) is 9.19. The minimum absolute atomic E-state index is 0.445. The van der Waals surface area contributed by atoms with Crippen molar-refractivity contribution < 1.29 is 0 Å². The summed E-state index contributed by atoms with van der Waals surface area (Å²) in [4.78, 5) is 8.18. The van der Waals surface area contributed by atoms with Crippen LogP contribution in [0.4, 0.5) is 5.82 Å². The molecule has 0 aliphatic heterocycles. The number of nitrogen functional groups attached to an aromatic ring is 1. The minimum Gasteiger partial charge on any atom is -0.382 e. The average molecular weight is 215 g/mol. The summed E-state index contributed by atoms with van der Waals surface area (Å²) in [6, 6.07) is 8.14. The maximum atomic E-state index is 5.46. The van der Waals surface area contributed by atoms with Gasteiger partial charge in [0.15, 0.2) is 0 Å². The van der Waals surface area contributed by atoms with E-state index >= 15 is 0 Å². The monoisotopic (exact) mass is 215 g/mol. The summed E-state index contributed by atoms with van der Waals surface area (Å²) in [5.41, 5.74) is 8.59. The van der Waals surface area contributed by atoms with Gasteiger partial charge in [0, 0.05) is 5.56 Å². The Bertz CT molecular complexity index is 374. The molecule has 0 spiro atoms. The van der Waals surface area contributed by atoms with Gasteiger partial charge in [0.2, 0.25) is 0 Å². The zero-order valence-corrected chi connectivity index (χ0v) is 9.94. The molecule has 0 atom stereocenters. The second-order valence-corrected chi connectivity index (χ2v) is 3.19. The molecule has 1 aromatic heterocycles. The predicted molar refractivity (Wildman–Crippen MR) is 68.0 cm³/mol. The molecule has 2 rings (SSSR count). The Hall–Kier alpha value is -1.90. The maximum absolute atomic E-state index is 5.46. The Morgan fingerprint density at radius 3 is 2.06 bits per heavy atom. The van der Waals surface area contributed by atoms with Crippen LogP contribution in [0.2, 0.25) is 0 Å². The molecule has 0 saturated carbocycles. The molecule has 0 aliphatic rings.